The minimum Gasteiger partial charge on any atom is -0.494 e. The molecule has 2 heterocycles. The Hall–Kier alpha value is -3.54. The number of nitrogens with zero attached hydrogens (tertiary/aromatic N) is 2. The molecule has 0 bridgehead atoms. The number of carbonyl (C=O) groups is 1. The lowest BCUT2D eigenvalue weighted by Gasteiger charge is -2.14. The smallest absolute Gasteiger partial charge is 0.289 e. The molecule has 0 unspecified atom stereocenters. The van der Waals surface area contributed by atoms with Gasteiger partial charge in [-0.05, 0) is 12.1 Å². The first kappa shape index (κ1) is 16.9. The van der Waals surface area contributed by atoms with Gasteiger partial charge in [-0.15, -0.1) is 0 Å². The van der Waals surface area contributed by atoms with Crippen LogP contribution in [-0.4, -0.2) is 28.9 Å². The molecule has 2 aromatic carbocycles. The van der Waals surface area contributed by atoms with Crippen LogP contribution in [0.4, 0.5) is 0 Å². The van der Waals surface area contributed by atoms with Crippen molar-refractivity contribution in [3.05, 3.63) is 84.4 Å². The standard InChI is InChI=1S/C21H19N3O3/c25-21(19-15-26-11-12-27-19)22-13-17-14-24(18-9-5-2-6-10-18)23-20(17)16-7-3-1-4-8-16/h1-10,14-15H,11-13H2,(H,22,25). The summed E-state index contributed by atoms with van der Waals surface area (Å²) in [4.78, 5) is 12.3. The van der Waals surface area contributed by atoms with Gasteiger partial charge < -0.3 is 14.8 Å². The Bertz CT molecular complexity index is 949. The van der Waals surface area contributed by atoms with Crippen molar-refractivity contribution in [1.29, 1.82) is 0 Å². The predicted molar refractivity (Wildman–Crippen MR) is 101 cm³/mol. The second-order valence-electron chi connectivity index (χ2n) is 6.03. The van der Waals surface area contributed by atoms with Gasteiger partial charge in [0.1, 0.15) is 19.5 Å². The summed E-state index contributed by atoms with van der Waals surface area (Å²) >= 11 is 0. The predicted octanol–water partition coefficient (Wildman–Crippen LogP) is 3.04. The Labute approximate surface area is 157 Å². The van der Waals surface area contributed by atoms with Crippen molar-refractivity contribution in [2.75, 3.05) is 13.2 Å². The molecule has 1 aliphatic rings. The van der Waals surface area contributed by atoms with Crippen LogP contribution in [0.15, 0.2) is 78.9 Å². The van der Waals surface area contributed by atoms with Gasteiger partial charge in [-0.2, -0.15) is 5.10 Å². The molecule has 6 nitrogen and oxygen atoms in total. The van der Waals surface area contributed by atoms with E-state index in [4.69, 9.17) is 14.6 Å². The van der Waals surface area contributed by atoms with E-state index in [2.05, 4.69) is 5.32 Å². The lowest BCUT2D eigenvalue weighted by atomic mass is 10.1. The Morgan fingerprint density at radius 1 is 1.04 bits per heavy atom. The third-order valence-corrected chi connectivity index (χ3v) is 4.17. The summed E-state index contributed by atoms with van der Waals surface area (Å²) in [6.07, 6.45) is 3.29. The molecule has 136 valence electrons. The first-order chi connectivity index (χ1) is 13.3. The van der Waals surface area contributed by atoms with Crippen molar-refractivity contribution >= 4 is 5.91 Å². The molecule has 0 aliphatic carbocycles. The van der Waals surface area contributed by atoms with E-state index in [0.717, 1.165) is 22.5 Å². The zero-order valence-corrected chi connectivity index (χ0v) is 14.7. The molecule has 0 spiro atoms. The highest BCUT2D eigenvalue weighted by Crippen LogP contribution is 2.23. The number of nitrogens with one attached hydrogen (secondary N) is 1. The van der Waals surface area contributed by atoms with Crippen LogP contribution in [0.3, 0.4) is 0 Å². The summed E-state index contributed by atoms with van der Waals surface area (Å²) in [6.45, 7) is 1.16. The molecule has 1 aliphatic heterocycles. The minimum atomic E-state index is -0.304. The number of hydrogen-bond acceptors (Lipinski definition) is 4. The molecule has 3 aromatic rings. The molecule has 1 N–H and O–H groups in total. The van der Waals surface area contributed by atoms with Crippen molar-refractivity contribution in [2.45, 2.75) is 6.54 Å². The number of rotatable bonds is 5. The highest BCUT2D eigenvalue weighted by Gasteiger charge is 2.17. The maximum Gasteiger partial charge on any atom is 0.289 e. The molecular weight excluding hydrogens is 342 g/mol. The van der Waals surface area contributed by atoms with Gasteiger partial charge in [0, 0.05) is 23.9 Å². The average Bonchev–Trinajstić information content (AvgIpc) is 3.18. The van der Waals surface area contributed by atoms with Gasteiger partial charge in [-0.3, -0.25) is 4.79 Å². The Balaban J connectivity index is 1.61. The molecule has 0 atom stereocenters. The van der Waals surface area contributed by atoms with Gasteiger partial charge in [0.15, 0.2) is 0 Å². The third-order valence-electron chi connectivity index (χ3n) is 4.17. The van der Waals surface area contributed by atoms with Gasteiger partial charge in [-0.25, -0.2) is 4.68 Å². The van der Waals surface area contributed by atoms with Crippen molar-refractivity contribution in [3.63, 3.8) is 0 Å². The third kappa shape index (κ3) is 3.84. The summed E-state index contributed by atoms with van der Waals surface area (Å²) in [5, 5.41) is 7.61. The molecule has 0 saturated heterocycles. The minimum absolute atomic E-state index is 0.193. The van der Waals surface area contributed by atoms with Gasteiger partial charge in [0.05, 0.1) is 11.4 Å². The highest BCUT2D eigenvalue weighted by molar-refractivity contribution is 5.91. The van der Waals surface area contributed by atoms with E-state index in [9.17, 15) is 4.79 Å². The molecule has 0 fully saturated rings. The van der Waals surface area contributed by atoms with Crippen molar-refractivity contribution in [3.8, 4) is 16.9 Å². The van der Waals surface area contributed by atoms with Gasteiger partial charge in [0.2, 0.25) is 5.76 Å². The maximum absolute atomic E-state index is 12.3. The van der Waals surface area contributed by atoms with E-state index in [-0.39, 0.29) is 11.7 Å². The fraction of sp³-hybridized carbons (Fsp3) is 0.143. The molecule has 0 saturated carbocycles. The molecule has 27 heavy (non-hydrogen) atoms. The number of aromatic nitrogens is 2. The number of amides is 1. The number of benzene rings is 2. The molecule has 1 aromatic heterocycles. The lowest BCUT2D eigenvalue weighted by Crippen LogP contribution is -2.28. The molecular formula is C21H19N3O3. The summed E-state index contributed by atoms with van der Waals surface area (Å²) in [6, 6.07) is 19.8. The Morgan fingerprint density at radius 2 is 1.78 bits per heavy atom. The van der Waals surface area contributed by atoms with Crippen molar-refractivity contribution in [2.24, 2.45) is 0 Å². The zero-order chi connectivity index (χ0) is 18.5. The van der Waals surface area contributed by atoms with Gasteiger partial charge in [-0.1, -0.05) is 48.5 Å². The van der Waals surface area contributed by atoms with E-state index >= 15 is 0 Å². The van der Waals surface area contributed by atoms with Crippen LogP contribution >= 0.6 is 0 Å². The second kappa shape index (κ2) is 7.78. The van der Waals surface area contributed by atoms with Crippen LogP contribution in [0.2, 0.25) is 0 Å². The summed E-state index contributed by atoms with van der Waals surface area (Å²) in [5.41, 5.74) is 3.69. The quantitative estimate of drug-likeness (QED) is 0.759. The van der Waals surface area contributed by atoms with Crippen LogP contribution in [0.5, 0.6) is 0 Å². The highest BCUT2D eigenvalue weighted by atomic mass is 16.6. The molecule has 4 rings (SSSR count). The summed E-state index contributed by atoms with van der Waals surface area (Å²) in [5.74, 6) is -0.112. The fourth-order valence-corrected chi connectivity index (χ4v) is 2.84. The molecule has 1 amide bonds. The van der Waals surface area contributed by atoms with Crippen molar-refractivity contribution < 1.29 is 14.3 Å². The van der Waals surface area contributed by atoms with Crippen molar-refractivity contribution in [1.82, 2.24) is 15.1 Å². The first-order valence-corrected chi connectivity index (χ1v) is 8.73. The first-order valence-electron chi connectivity index (χ1n) is 8.73. The molecule has 6 heteroatoms. The number of ether oxygens (including phenoxy) is 2. The van der Waals surface area contributed by atoms with Gasteiger partial charge in [0.25, 0.3) is 5.91 Å². The molecule has 0 radical (unpaired) electrons. The summed E-state index contributed by atoms with van der Waals surface area (Å²) in [7, 11) is 0. The van der Waals surface area contributed by atoms with Gasteiger partial charge >= 0.3 is 0 Å². The lowest BCUT2D eigenvalue weighted by molar-refractivity contribution is -0.122. The number of hydrogen-bond donors (Lipinski definition) is 1. The van der Waals surface area contributed by atoms with E-state index < -0.39 is 0 Å². The summed E-state index contributed by atoms with van der Waals surface area (Å²) < 4.78 is 12.3. The Morgan fingerprint density at radius 3 is 2.48 bits per heavy atom. The van der Waals surface area contributed by atoms with Crippen LogP contribution in [0.1, 0.15) is 5.56 Å². The second-order valence-corrected chi connectivity index (χ2v) is 6.03. The van der Waals surface area contributed by atoms with Crippen LogP contribution in [0, 0.1) is 0 Å². The van der Waals surface area contributed by atoms with E-state index in [0.29, 0.717) is 19.8 Å². The fourth-order valence-electron chi connectivity index (χ4n) is 2.84. The monoisotopic (exact) mass is 361 g/mol. The topological polar surface area (TPSA) is 65.4 Å². The van der Waals surface area contributed by atoms with Crippen LogP contribution < -0.4 is 5.32 Å². The number of para-hydroxylation sites is 1. The van der Waals surface area contributed by atoms with E-state index in [1.54, 1.807) is 0 Å². The SMILES string of the molecule is O=C(NCc1cn(-c2ccccc2)nc1-c1ccccc1)C1=COCCO1. The normalized spacial score (nSPS) is 13.3. The largest absolute Gasteiger partial charge is 0.494 e. The van der Waals surface area contributed by atoms with Crippen LogP contribution in [0.25, 0.3) is 16.9 Å². The van der Waals surface area contributed by atoms with E-state index in [1.165, 1.54) is 6.26 Å². The zero-order valence-electron chi connectivity index (χ0n) is 14.7. The number of carbonyl (C=O) groups excluding carboxylic acids is 1. The maximum atomic E-state index is 12.3. The van der Waals surface area contributed by atoms with Crippen LogP contribution in [-0.2, 0) is 20.8 Å². The average molecular weight is 361 g/mol. The van der Waals surface area contributed by atoms with E-state index in [1.807, 2.05) is 71.5 Å². The Kier molecular flexibility index (Phi) is 4.87.